The molecule has 0 unspecified atom stereocenters. The van der Waals surface area contributed by atoms with Crippen molar-refractivity contribution in [1.82, 2.24) is 15.1 Å². The molecular formula is C16H22BrN3. The van der Waals surface area contributed by atoms with Gasteiger partial charge in [-0.15, -0.1) is 0 Å². The molecule has 108 valence electrons. The average Bonchev–Trinajstić information content (AvgIpc) is 2.87. The number of halogens is 1. The number of nitrogens with zero attached hydrogens (tertiary/aromatic N) is 2. The Labute approximate surface area is 129 Å². The molecule has 0 aliphatic carbocycles. The minimum atomic E-state index is 0.317. The van der Waals surface area contributed by atoms with E-state index in [4.69, 9.17) is 0 Å². The van der Waals surface area contributed by atoms with Crippen LogP contribution in [0.5, 0.6) is 0 Å². The highest BCUT2D eigenvalue weighted by molar-refractivity contribution is 9.10. The van der Waals surface area contributed by atoms with Gasteiger partial charge in [0.25, 0.3) is 0 Å². The summed E-state index contributed by atoms with van der Waals surface area (Å²) in [5.41, 5.74) is 3.71. The van der Waals surface area contributed by atoms with E-state index in [0.29, 0.717) is 6.04 Å². The van der Waals surface area contributed by atoms with Crippen LogP contribution in [0.4, 0.5) is 0 Å². The SMILES string of the molecule is CCc1cc(CN[C@H](C)c2cccc(Br)c2)n(CC)n1. The van der Waals surface area contributed by atoms with Crippen molar-refractivity contribution >= 4 is 15.9 Å². The number of hydrogen-bond acceptors (Lipinski definition) is 2. The Kier molecular flexibility index (Phi) is 5.38. The van der Waals surface area contributed by atoms with Gasteiger partial charge in [0.15, 0.2) is 0 Å². The van der Waals surface area contributed by atoms with Crippen LogP contribution in [0.2, 0.25) is 0 Å². The van der Waals surface area contributed by atoms with Gasteiger partial charge in [-0.3, -0.25) is 4.68 Å². The van der Waals surface area contributed by atoms with E-state index in [2.05, 4.69) is 82.1 Å². The zero-order chi connectivity index (χ0) is 14.5. The lowest BCUT2D eigenvalue weighted by Crippen LogP contribution is -2.20. The first kappa shape index (κ1) is 15.3. The summed E-state index contributed by atoms with van der Waals surface area (Å²) < 4.78 is 3.20. The molecule has 0 saturated carbocycles. The van der Waals surface area contributed by atoms with E-state index in [1.807, 2.05) is 0 Å². The average molecular weight is 336 g/mol. The summed E-state index contributed by atoms with van der Waals surface area (Å²) in [7, 11) is 0. The van der Waals surface area contributed by atoms with E-state index >= 15 is 0 Å². The van der Waals surface area contributed by atoms with Crippen LogP contribution in [0, 0.1) is 0 Å². The second-order valence-corrected chi connectivity index (χ2v) is 5.87. The van der Waals surface area contributed by atoms with Crippen LogP contribution >= 0.6 is 15.9 Å². The van der Waals surface area contributed by atoms with Crippen LogP contribution in [0.15, 0.2) is 34.8 Å². The van der Waals surface area contributed by atoms with Crippen molar-refractivity contribution in [3.8, 4) is 0 Å². The van der Waals surface area contributed by atoms with Crippen LogP contribution in [0.25, 0.3) is 0 Å². The van der Waals surface area contributed by atoms with Crippen LogP contribution in [-0.2, 0) is 19.5 Å². The lowest BCUT2D eigenvalue weighted by molar-refractivity contribution is 0.530. The topological polar surface area (TPSA) is 29.9 Å². The molecule has 2 aromatic rings. The molecular weight excluding hydrogens is 314 g/mol. The molecule has 1 aromatic carbocycles. The number of rotatable bonds is 6. The predicted octanol–water partition coefficient (Wildman–Crippen LogP) is 4.08. The standard InChI is InChI=1S/C16H22BrN3/c1-4-15-10-16(20(5-2)19-15)11-18-12(3)13-7-6-8-14(17)9-13/h6-10,12,18H,4-5,11H2,1-3H3/t12-/m1/s1. The van der Waals surface area contributed by atoms with E-state index in [-0.39, 0.29) is 0 Å². The number of aryl methyl sites for hydroxylation is 2. The van der Waals surface area contributed by atoms with Crippen molar-refractivity contribution in [2.45, 2.75) is 46.3 Å². The minimum absolute atomic E-state index is 0.317. The van der Waals surface area contributed by atoms with E-state index in [0.717, 1.165) is 24.0 Å². The third-order valence-electron chi connectivity index (χ3n) is 3.51. The molecule has 0 bridgehead atoms. The fourth-order valence-electron chi connectivity index (χ4n) is 2.26. The highest BCUT2D eigenvalue weighted by atomic mass is 79.9. The van der Waals surface area contributed by atoms with Crippen molar-refractivity contribution in [2.75, 3.05) is 0 Å². The molecule has 4 heteroatoms. The summed E-state index contributed by atoms with van der Waals surface area (Å²) in [5, 5.41) is 8.15. The first-order valence-electron chi connectivity index (χ1n) is 7.18. The Balaban J connectivity index is 2.03. The predicted molar refractivity (Wildman–Crippen MR) is 86.7 cm³/mol. The number of aromatic nitrogens is 2. The summed E-state index contributed by atoms with van der Waals surface area (Å²) in [6, 6.07) is 10.9. The fraction of sp³-hybridized carbons (Fsp3) is 0.438. The van der Waals surface area contributed by atoms with Gasteiger partial charge in [-0.2, -0.15) is 5.10 Å². The molecule has 0 aliphatic heterocycles. The zero-order valence-electron chi connectivity index (χ0n) is 12.4. The summed E-state index contributed by atoms with van der Waals surface area (Å²) in [5.74, 6) is 0. The van der Waals surface area contributed by atoms with E-state index < -0.39 is 0 Å². The molecule has 0 radical (unpaired) electrons. The number of nitrogens with one attached hydrogen (secondary N) is 1. The van der Waals surface area contributed by atoms with E-state index in [9.17, 15) is 0 Å². The number of hydrogen-bond donors (Lipinski definition) is 1. The zero-order valence-corrected chi connectivity index (χ0v) is 13.9. The Morgan fingerprint density at radius 1 is 1.30 bits per heavy atom. The van der Waals surface area contributed by atoms with E-state index in [1.54, 1.807) is 0 Å². The van der Waals surface area contributed by atoms with Gasteiger partial charge in [-0.05, 0) is 44.0 Å². The van der Waals surface area contributed by atoms with Crippen molar-refractivity contribution < 1.29 is 0 Å². The third kappa shape index (κ3) is 3.70. The van der Waals surface area contributed by atoms with Gasteiger partial charge in [-0.1, -0.05) is 35.0 Å². The second-order valence-electron chi connectivity index (χ2n) is 4.95. The normalized spacial score (nSPS) is 12.6. The highest BCUT2D eigenvalue weighted by Gasteiger charge is 2.09. The fourth-order valence-corrected chi connectivity index (χ4v) is 2.67. The molecule has 0 amide bonds. The summed E-state index contributed by atoms with van der Waals surface area (Å²) >= 11 is 3.52. The van der Waals surface area contributed by atoms with Crippen LogP contribution < -0.4 is 5.32 Å². The highest BCUT2D eigenvalue weighted by Crippen LogP contribution is 2.18. The lowest BCUT2D eigenvalue weighted by atomic mass is 10.1. The molecule has 1 atom stereocenters. The minimum Gasteiger partial charge on any atom is -0.305 e. The molecule has 3 nitrogen and oxygen atoms in total. The number of benzene rings is 1. The smallest absolute Gasteiger partial charge is 0.0625 e. The molecule has 20 heavy (non-hydrogen) atoms. The Bertz CT molecular complexity index is 563. The van der Waals surface area contributed by atoms with Crippen molar-refractivity contribution in [2.24, 2.45) is 0 Å². The van der Waals surface area contributed by atoms with Gasteiger partial charge in [0, 0.05) is 23.6 Å². The monoisotopic (exact) mass is 335 g/mol. The van der Waals surface area contributed by atoms with Gasteiger partial charge < -0.3 is 5.32 Å². The third-order valence-corrected chi connectivity index (χ3v) is 4.01. The van der Waals surface area contributed by atoms with Gasteiger partial charge in [-0.25, -0.2) is 0 Å². The summed E-state index contributed by atoms with van der Waals surface area (Å²) in [6.45, 7) is 8.23. The molecule has 0 fully saturated rings. The second kappa shape index (κ2) is 7.04. The maximum atomic E-state index is 4.58. The van der Waals surface area contributed by atoms with Gasteiger partial charge >= 0.3 is 0 Å². The van der Waals surface area contributed by atoms with Crippen molar-refractivity contribution in [3.63, 3.8) is 0 Å². The molecule has 2 rings (SSSR count). The molecule has 1 aromatic heterocycles. The van der Waals surface area contributed by atoms with Crippen LogP contribution in [0.3, 0.4) is 0 Å². The Morgan fingerprint density at radius 2 is 2.10 bits per heavy atom. The van der Waals surface area contributed by atoms with Crippen LogP contribution in [-0.4, -0.2) is 9.78 Å². The van der Waals surface area contributed by atoms with Gasteiger partial charge in [0.2, 0.25) is 0 Å². The Hall–Kier alpha value is -1.13. The van der Waals surface area contributed by atoms with Gasteiger partial charge in [0.05, 0.1) is 11.4 Å². The quantitative estimate of drug-likeness (QED) is 0.861. The summed E-state index contributed by atoms with van der Waals surface area (Å²) in [4.78, 5) is 0. The molecule has 0 saturated heterocycles. The molecule has 0 spiro atoms. The molecule has 1 heterocycles. The van der Waals surface area contributed by atoms with E-state index in [1.165, 1.54) is 17.0 Å². The first-order chi connectivity index (χ1) is 9.63. The van der Waals surface area contributed by atoms with Crippen LogP contribution in [0.1, 0.15) is 43.8 Å². The van der Waals surface area contributed by atoms with Crippen molar-refractivity contribution in [3.05, 3.63) is 51.8 Å². The molecule has 0 aliphatic rings. The maximum Gasteiger partial charge on any atom is 0.0625 e. The van der Waals surface area contributed by atoms with Gasteiger partial charge in [0.1, 0.15) is 0 Å². The maximum absolute atomic E-state index is 4.58. The Morgan fingerprint density at radius 3 is 2.75 bits per heavy atom. The largest absolute Gasteiger partial charge is 0.305 e. The summed E-state index contributed by atoms with van der Waals surface area (Å²) in [6.07, 6.45) is 0.987. The lowest BCUT2D eigenvalue weighted by Gasteiger charge is -2.15. The van der Waals surface area contributed by atoms with Crippen molar-refractivity contribution in [1.29, 1.82) is 0 Å². The first-order valence-corrected chi connectivity index (χ1v) is 7.97. The molecule has 1 N–H and O–H groups in total.